The zero-order valence-electron chi connectivity index (χ0n) is 10.7. The summed E-state index contributed by atoms with van der Waals surface area (Å²) in [4.78, 5) is 11.8. The van der Waals surface area contributed by atoms with Crippen molar-refractivity contribution in [2.75, 3.05) is 17.7 Å². The number of carbonyl (C=O) groups excluding carboxylic acids is 1. The Morgan fingerprint density at radius 1 is 1.33 bits per heavy atom. The highest BCUT2D eigenvalue weighted by Crippen LogP contribution is 2.23. The highest BCUT2D eigenvalue weighted by Gasteiger charge is 2.08. The van der Waals surface area contributed by atoms with Gasteiger partial charge in [-0.3, -0.25) is 4.79 Å². The van der Waals surface area contributed by atoms with E-state index in [9.17, 15) is 9.18 Å². The quantitative estimate of drug-likeness (QED) is 0.800. The van der Waals surface area contributed by atoms with Crippen molar-refractivity contribution >= 4 is 44.8 Å². The third-order valence-electron chi connectivity index (χ3n) is 2.50. The molecule has 4 nitrogen and oxygen atoms in total. The third kappa shape index (κ3) is 4.61. The predicted octanol–water partition coefficient (Wildman–Crippen LogP) is 3.84. The first-order valence-corrected chi connectivity index (χ1v) is 7.05. The maximum atomic E-state index is 13.2. The smallest absolute Gasteiger partial charge is 0.262 e. The maximum absolute atomic E-state index is 13.2. The number of carbonyl (C=O) groups is 1. The van der Waals surface area contributed by atoms with Gasteiger partial charge in [-0.1, -0.05) is 27.5 Å². The minimum atomic E-state index is -0.459. The Hall–Kier alpha value is -1.79. The second kappa shape index (κ2) is 6.78. The standard InChI is InChI=1S/C14H11BrClFN2O2/c15-8-3-10(17)6-11(4-8)21-7-14(20)19-13-5-9(16)1-2-12(13)18/h1-6H,7,18H2,(H,19,20). The molecule has 0 aliphatic rings. The lowest BCUT2D eigenvalue weighted by Gasteiger charge is -2.10. The molecule has 3 N–H and O–H groups in total. The van der Waals surface area contributed by atoms with Crippen LogP contribution >= 0.6 is 27.5 Å². The second-order valence-electron chi connectivity index (χ2n) is 4.17. The van der Waals surface area contributed by atoms with Gasteiger partial charge in [0.15, 0.2) is 6.61 Å². The van der Waals surface area contributed by atoms with E-state index in [1.165, 1.54) is 18.2 Å². The molecule has 0 atom stereocenters. The highest BCUT2D eigenvalue weighted by atomic mass is 79.9. The molecule has 2 rings (SSSR count). The predicted molar refractivity (Wildman–Crippen MR) is 84.1 cm³/mol. The lowest BCUT2D eigenvalue weighted by atomic mass is 10.2. The molecule has 0 radical (unpaired) electrons. The number of rotatable bonds is 4. The number of nitrogens with two attached hydrogens (primary N) is 1. The van der Waals surface area contributed by atoms with Gasteiger partial charge in [0, 0.05) is 15.6 Å². The molecule has 7 heteroatoms. The molecule has 0 bridgehead atoms. The van der Waals surface area contributed by atoms with Crippen LogP contribution in [0.1, 0.15) is 0 Å². The second-order valence-corrected chi connectivity index (χ2v) is 5.53. The summed E-state index contributed by atoms with van der Waals surface area (Å²) in [7, 11) is 0. The van der Waals surface area contributed by atoms with E-state index in [4.69, 9.17) is 22.1 Å². The summed E-state index contributed by atoms with van der Waals surface area (Å²) in [5, 5.41) is 3.02. The molecule has 0 saturated heterocycles. The van der Waals surface area contributed by atoms with Crippen LogP contribution in [0.3, 0.4) is 0 Å². The van der Waals surface area contributed by atoms with Crippen molar-refractivity contribution in [1.29, 1.82) is 0 Å². The lowest BCUT2D eigenvalue weighted by Crippen LogP contribution is -2.20. The zero-order chi connectivity index (χ0) is 15.4. The van der Waals surface area contributed by atoms with Crippen LogP contribution in [0.5, 0.6) is 5.75 Å². The van der Waals surface area contributed by atoms with Crippen LogP contribution in [0.2, 0.25) is 5.02 Å². The fraction of sp³-hybridized carbons (Fsp3) is 0.0714. The highest BCUT2D eigenvalue weighted by molar-refractivity contribution is 9.10. The Morgan fingerprint density at radius 2 is 2.10 bits per heavy atom. The summed E-state index contributed by atoms with van der Waals surface area (Å²) >= 11 is 8.96. The van der Waals surface area contributed by atoms with E-state index in [-0.39, 0.29) is 12.4 Å². The van der Waals surface area contributed by atoms with E-state index in [1.807, 2.05) is 0 Å². The summed E-state index contributed by atoms with van der Waals surface area (Å²) in [5.74, 6) is -0.640. The maximum Gasteiger partial charge on any atom is 0.262 e. The molecule has 0 aliphatic carbocycles. The first kappa shape index (κ1) is 15.6. The Balaban J connectivity index is 1.97. The SMILES string of the molecule is Nc1ccc(Cl)cc1NC(=O)COc1cc(F)cc(Br)c1. The van der Waals surface area contributed by atoms with Crippen molar-refractivity contribution in [2.45, 2.75) is 0 Å². The van der Waals surface area contributed by atoms with Crippen LogP contribution in [0.25, 0.3) is 0 Å². The molecule has 2 aromatic carbocycles. The average molecular weight is 374 g/mol. The summed E-state index contributed by atoms with van der Waals surface area (Å²) < 4.78 is 18.9. The minimum absolute atomic E-state index is 0.246. The van der Waals surface area contributed by atoms with Crippen molar-refractivity contribution in [3.8, 4) is 5.75 Å². The Bertz CT molecular complexity index is 662. The van der Waals surface area contributed by atoms with Crippen LogP contribution in [0.15, 0.2) is 40.9 Å². The van der Waals surface area contributed by atoms with Gasteiger partial charge in [0.05, 0.1) is 11.4 Å². The van der Waals surface area contributed by atoms with Gasteiger partial charge < -0.3 is 15.8 Å². The van der Waals surface area contributed by atoms with Crippen molar-refractivity contribution in [1.82, 2.24) is 0 Å². The van der Waals surface area contributed by atoms with Crippen LogP contribution in [0.4, 0.5) is 15.8 Å². The van der Waals surface area contributed by atoms with Crippen LogP contribution in [-0.2, 0) is 4.79 Å². The molecule has 0 aliphatic heterocycles. The number of amides is 1. The molecule has 0 aromatic heterocycles. The Kier molecular flexibility index (Phi) is 5.03. The minimum Gasteiger partial charge on any atom is -0.484 e. The zero-order valence-corrected chi connectivity index (χ0v) is 13.0. The fourth-order valence-corrected chi connectivity index (χ4v) is 2.20. The van der Waals surface area contributed by atoms with Gasteiger partial charge in [-0.25, -0.2) is 4.39 Å². The first-order chi connectivity index (χ1) is 9.94. The van der Waals surface area contributed by atoms with Crippen molar-refractivity contribution < 1.29 is 13.9 Å². The number of nitrogen functional groups attached to an aromatic ring is 1. The molecule has 1 amide bonds. The summed E-state index contributed by atoms with van der Waals surface area (Å²) in [6, 6.07) is 8.78. The van der Waals surface area contributed by atoms with Gasteiger partial charge in [0.25, 0.3) is 5.91 Å². The molecule has 0 fully saturated rings. The van der Waals surface area contributed by atoms with E-state index in [1.54, 1.807) is 18.2 Å². The van der Waals surface area contributed by atoms with Crippen molar-refractivity contribution in [2.24, 2.45) is 0 Å². The van der Waals surface area contributed by atoms with Gasteiger partial charge in [-0.2, -0.15) is 0 Å². The first-order valence-electron chi connectivity index (χ1n) is 5.88. The van der Waals surface area contributed by atoms with Crippen molar-refractivity contribution in [3.05, 3.63) is 51.7 Å². The molecule has 0 heterocycles. The van der Waals surface area contributed by atoms with E-state index in [0.717, 1.165) is 0 Å². The van der Waals surface area contributed by atoms with Crippen LogP contribution < -0.4 is 15.8 Å². The molecular formula is C14H11BrClFN2O2. The molecular weight excluding hydrogens is 363 g/mol. The van der Waals surface area contributed by atoms with Gasteiger partial charge in [-0.15, -0.1) is 0 Å². The number of hydrogen-bond acceptors (Lipinski definition) is 3. The number of halogens is 3. The van der Waals surface area contributed by atoms with E-state index in [2.05, 4.69) is 21.2 Å². The topological polar surface area (TPSA) is 64.3 Å². The molecule has 21 heavy (non-hydrogen) atoms. The monoisotopic (exact) mass is 372 g/mol. The van der Waals surface area contributed by atoms with Gasteiger partial charge in [-0.05, 0) is 30.3 Å². The summed E-state index contributed by atoms with van der Waals surface area (Å²) in [6.07, 6.45) is 0. The van der Waals surface area contributed by atoms with E-state index in [0.29, 0.717) is 20.9 Å². The van der Waals surface area contributed by atoms with Gasteiger partial charge >= 0.3 is 0 Å². The van der Waals surface area contributed by atoms with Crippen LogP contribution in [0, 0.1) is 5.82 Å². The van der Waals surface area contributed by atoms with E-state index >= 15 is 0 Å². The van der Waals surface area contributed by atoms with Crippen LogP contribution in [-0.4, -0.2) is 12.5 Å². The number of nitrogens with one attached hydrogen (secondary N) is 1. The number of benzene rings is 2. The Labute approximate surface area is 134 Å². The Morgan fingerprint density at radius 3 is 2.81 bits per heavy atom. The molecule has 2 aromatic rings. The number of anilines is 2. The van der Waals surface area contributed by atoms with Crippen molar-refractivity contribution in [3.63, 3.8) is 0 Å². The lowest BCUT2D eigenvalue weighted by molar-refractivity contribution is -0.118. The summed E-state index contributed by atoms with van der Waals surface area (Å²) in [6.45, 7) is -0.276. The van der Waals surface area contributed by atoms with Gasteiger partial charge in [0.2, 0.25) is 0 Å². The number of hydrogen-bond donors (Lipinski definition) is 2. The molecule has 0 spiro atoms. The van der Waals surface area contributed by atoms with Gasteiger partial charge in [0.1, 0.15) is 11.6 Å². The number of ether oxygens (including phenoxy) is 1. The fourth-order valence-electron chi connectivity index (χ4n) is 1.58. The van der Waals surface area contributed by atoms with E-state index < -0.39 is 11.7 Å². The largest absolute Gasteiger partial charge is 0.484 e. The summed E-state index contributed by atoms with van der Waals surface area (Å²) in [5.41, 5.74) is 6.50. The third-order valence-corrected chi connectivity index (χ3v) is 3.19. The normalized spacial score (nSPS) is 10.2. The molecule has 0 unspecified atom stereocenters. The molecule has 110 valence electrons. The average Bonchev–Trinajstić information content (AvgIpc) is 2.40. The molecule has 0 saturated carbocycles.